The van der Waals surface area contributed by atoms with Crippen LogP contribution in [0.4, 0.5) is 27.1 Å². The van der Waals surface area contributed by atoms with E-state index >= 15 is 0 Å². The lowest BCUT2D eigenvalue weighted by molar-refractivity contribution is -0.384. The number of amides is 1. The molecule has 0 atom stereocenters. The molecule has 3 N–H and O–H groups in total. The van der Waals surface area contributed by atoms with Crippen molar-refractivity contribution in [1.82, 2.24) is 24.5 Å². The lowest BCUT2D eigenvalue weighted by Gasteiger charge is -2.62. The molecule has 4 fully saturated rings. The Balaban J connectivity index is 0.813. The first-order valence-corrected chi connectivity index (χ1v) is 21.0. The third-order valence-electron chi connectivity index (χ3n) is 12.4. The van der Waals surface area contributed by atoms with Gasteiger partial charge in [-0.2, -0.15) is 0 Å². The highest BCUT2D eigenvalue weighted by Gasteiger charge is 2.54. The molecule has 1 saturated carbocycles. The Morgan fingerprint density at radius 1 is 1.02 bits per heavy atom. The van der Waals surface area contributed by atoms with E-state index < -0.39 is 16.6 Å². The smallest absolute Gasteiger partial charge is 0.293 e. The lowest BCUT2D eigenvalue weighted by Crippen LogP contribution is -2.68. The largest absolute Gasteiger partial charge is 0.495 e. The van der Waals surface area contributed by atoms with Gasteiger partial charge in [0.2, 0.25) is 0 Å². The SMILES string of the molecule is CNc1ccc(SNC(=O)c2ccc(N3CC4(CC(N5CCN(Cc6ccc(N7CC(OC)C7)c(OC)c6)CC5)C4)C3)cc2Oc2cnc3[nH]cc(F)c3c2)cc1[N+](=O)[O-]. The van der Waals surface area contributed by atoms with E-state index in [4.69, 9.17) is 14.2 Å². The molecular weight excluding hydrogens is 790 g/mol. The van der Waals surface area contributed by atoms with Crippen molar-refractivity contribution in [3.63, 3.8) is 0 Å². The molecule has 5 heterocycles. The van der Waals surface area contributed by atoms with Crippen LogP contribution in [-0.2, 0) is 11.3 Å². The second-order valence-corrected chi connectivity index (χ2v) is 17.1. The molecule has 0 bridgehead atoms. The number of aromatic amines is 1. The zero-order chi connectivity index (χ0) is 41.5. The van der Waals surface area contributed by atoms with E-state index in [2.05, 4.69) is 57.8 Å². The van der Waals surface area contributed by atoms with Crippen LogP contribution in [0, 0.1) is 21.3 Å². The van der Waals surface area contributed by atoms with Gasteiger partial charge in [0, 0.05) is 113 Å². The van der Waals surface area contributed by atoms with E-state index in [9.17, 15) is 19.3 Å². The zero-order valence-corrected chi connectivity index (χ0v) is 34.6. The van der Waals surface area contributed by atoms with E-state index in [1.807, 2.05) is 12.1 Å². The van der Waals surface area contributed by atoms with Gasteiger partial charge in [-0.25, -0.2) is 9.37 Å². The number of H-pyrrole nitrogens is 1. The Morgan fingerprint density at radius 3 is 2.55 bits per heavy atom. The molecule has 4 aliphatic rings. The van der Waals surface area contributed by atoms with Crippen molar-refractivity contribution in [2.24, 2.45) is 5.41 Å². The molecule has 60 heavy (non-hydrogen) atoms. The number of nitrogens with zero attached hydrogens (tertiary/aromatic N) is 6. The maximum atomic E-state index is 14.5. The minimum Gasteiger partial charge on any atom is -0.495 e. The van der Waals surface area contributed by atoms with Crippen LogP contribution in [-0.4, -0.2) is 116 Å². The number of benzene rings is 3. The van der Waals surface area contributed by atoms with Crippen molar-refractivity contribution >= 4 is 51.6 Å². The minimum absolute atomic E-state index is 0.101. The van der Waals surface area contributed by atoms with Crippen molar-refractivity contribution in [1.29, 1.82) is 0 Å². The number of fused-ring (bicyclic) bond motifs is 1. The summed E-state index contributed by atoms with van der Waals surface area (Å²) in [6, 6.07) is 18.9. The number of aromatic nitrogens is 2. The van der Waals surface area contributed by atoms with Crippen LogP contribution >= 0.6 is 11.9 Å². The van der Waals surface area contributed by atoms with Crippen molar-refractivity contribution < 1.29 is 28.3 Å². The maximum Gasteiger partial charge on any atom is 0.293 e. The minimum atomic E-state index is -0.475. The number of nitro benzene ring substituents is 1. The van der Waals surface area contributed by atoms with Crippen LogP contribution in [0.15, 0.2) is 78.0 Å². The van der Waals surface area contributed by atoms with E-state index in [0.717, 1.165) is 101 Å². The average molecular weight is 838 g/mol. The predicted octanol–water partition coefficient (Wildman–Crippen LogP) is 6.51. The lowest BCUT2D eigenvalue weighted by atomic mass is 9.60. The van der Waals surface area contributed by atoms with Crippen LogP contribution in [0.25, 0.3) is 11.0 Å². The van der Waals surface area contributed by atoms with E-state index in [1.165, 1.54) is 24.0 Å². The van der Waals surface area contributed by atoms with Gasteiger partial charge in [-0.3, -0.25) is 29.4 Å². The molecule has 1 amide bonds. The number of nitro groups is 1. The highest BCUT2D eigenvalue weighted by atomic mass is 32.2. The summed E-state index contributed by atoms with van der Waals surface area (Å²) in [5.41, 5.74) is 4.49. The molecule has 3 saturated heterocycles. The van der Waals surface area contributed by atoms with Crippen LogP contribution < -0.4 is 29.3 Å². The third kappa shape index (κ3) is 7.89. The summed E-state index contributed by atoms with van der Waals surface area (Å²) in [6.07, 6.45) is 5.32. The van der Waals surface area contributed by atoms with Crippen molar-refractivity contribution in [3.8, 4) is 17.2 Å². The normalized spacial score (nSPS) is 18.2. The fourth-order valence-corrected chi connectivity index (χ4v) is 9.65. The summed E-state index contributed by atoms with van der Waals surface area (Å²) in [5, 5.41) is 14.7. The molecular formula is C43H48FN9O6S. The number of ether oxygens (including phenoxy) is 3. The monoisotopic (exact) mass is 837 g/mol. The highest BCUT2D eigenvalue weighted by Crippen LogP contribution is 2.52. The number of carbonyl (C=O) groups is 1. The van der Waals surface area contributed by atoms with E-state index in [0.29, 0.717) is 22.3 Å². The van der Waals surface area contributed by atoms with E-state index in [1.54, 1.807) is 45.5 Å². The van der Waals surface area contributed by atoms with Gasteiger partial charge in [-0.1, -0.05) is 6.07 Å². The number of rotatable bonds is 14. The predicted molar refractivity (Wildman–Crippen MR) is 229 cm³/mol. The van der Waals surface area contributed by atoms with Gasteiger partial charge in [-0.05, 0) is 72.8 Å². The third-order valence-corrected chi connectivity index (χ3v) is 13.2. The summed E-state index contributed by atoms with van der Waals surface area (Å²) in [5.74, 6) is 0.576. The summed E-state index contributed by atoms with van der Waals surface area (Å²) in [4.78, 5) is 42.1. The highest BCUT2D eigenvalue weighted by molar-refractivity contribution is 7.98. The van der Waals surface area contributed by atoms with E-state index in [-0.39, 0.29) is 39.7 Å². The molecule has 5 aromatic rings. The molecule has 2 aromatic heterocycles. The number of hydrogen-bond acceptors (Lipinski definition) is 13. The molecule has 3 aromatic carbocycles. The molecule has 314 valence electrons. The molecule has 17 heteroatoms. The second-order valence-electron chi connectivity index (χ2n) is 16.2. The van der Waals surface area contributed by atoms with Gasteiger partial charge in [0.15, 0.2) is 0 Å². The van der Waals surface area contributed by atoms with Gasteiger partial charge >= 0.3 is 0 Å². The summed E-state index contributed by atoms with van der Waals surface area (Å²) >= 11 is 0.969. The number of piperazine rings is 1. The maximum absolute atomic E-state index is 14.5. The first kappa shape index (κ1) is 39.8. The van der Waals surface area contributed by atoms with Gasteiger partial charge in [-0.15, -0.1) is 0 Å². The van der Waals surface area contributed by atoms with Gasteiger partial charge < -0.3 is 34.3 Å². The Bertz CT molecular complexity index is 2410. The molecule has 1 aliphatic carbocycles. The zero-order valence-electron chi connectivity index (χ0n) is 33.8. The summed E-state index contributed by atoms with van der Waals surface area (Å²) < 4.78 is 34.8. The van der Waals surface area contributed by atoms with Crippen LogP contribution in [0.2, 0.25) is 0 Å². The standard InChI is InChI=1S/C43H48FN9O6S/c1-45-36-8-6-32(17-38(36)53(55)56)60-48-42(54)33-7-5-28(15-39(33)59-30-16-34-35(44)21-47-41(34)46-20-30)52-25-43(26-52)18-29(19-43)50-12-10-49(11-13-50)22-27-4-9-37(40(14-27)58-3)51-23-31(24-51)57-2/h4-9,14-17,20-21,29,31,45H,10-13,18-19,22-26H2,1-3H3,(H,46,47)(H,48,54). The summed E-state index contributed by atoms with van der Waals surface area (Å²) in [7, 11) is 5.11. The number of pyridine rings is 1. The first-order valence-electron chi connectivity index (χ1n) is 20.1. The summed E-state index contributed by atoms with van der Waals surface area (Å²) in [6.45, 7) is 8.68. The average Bonchev–Trinajstić information content (AvgIpc) is 3.58. The Hall–Kier alpha value is -5.62. The van der Waals surface area contributed by atoms with Crippen LogP contribution in [0.5, 0.6) is 17.2 Å². The number of halogens is 1. The van der Waals surface area contributed by atoms with Gasteiger partial charge in [0.05, 0.1) is 41.0 Å². The molecule has 0 radical (unpaired) electrons. The molecule has 9 rings (SSSR count). The molecule has 15 nitrogen and oxygen atoms in total. The van der Waals surface area contributed by atoms with Crippen LogP contribution in [0.3, 0.4) is 0 Å². The number of methoxy groups -OCH3 is 2. The first-order chi connectivity index (χ1) is 29.1. The van der Waals surface area contributed by atoms with Crippen molar-refractivity contribution in [2.45, 2.75) is 36.4 Å². The van der Waals surface area contributed by atoms with Crippen LogP contribution in [0.1, 0.15) is 28.8 Å². The fraction of sp³-hybridized carbons (Fsp3) is 0.395. The fourth-order valence-electron chi connectivity index (χ4n) is 9.02. The van der Waals surface area contributed by atoms with Gasteiger partial charge in [0.1, 0.15) is 34.4 Å². The number of anilines is 3. The van der Waals surface area contributed by atoms with Crippen molar-refractivity contribution in [3.05, 3.63) is 100 Å². The molecule has 0 unspecified atom stereocenters. The van der Waals surface area contributed by atoms with Crippen molar-refractivity contribution in [2.75, 3.05) is 88.7 Å². The quantitative estimate of drug-likeness (QED) is 0.0634. The Kier molecular flexibility index (Phi) is 10.9. The van der Waals surface area contributed by atoms with Gasteiger partial charge in [0.25, 0.3) is 11.6 Å². The molecule has 1 spiro atoms. The number of carbonyl (C=O) groups excluding carboxylic acids is 1. The number of hydrogen-bond donors (Lipinski definition) is 3. The Morgan fingerprint density at radius 2 is 1.82 bits per heavy atom. The number of nitrogens with one attached hydrogen (secondary N) is 3. The second kappa shape index (κ2) is 16.4. The topological polar surface area (TPSA) is 154 Å². The Labute approximate surface area is 351 Å². The molecule has 3 aliphatic heterocycles.